The Hall–Kier alpha value is -1.55. The maximum atomic E-state index is 11.5. The minimum Gasteiger partial charge on any atom is -0.508 e. The summed E-state index contributed by atoms with van der Waals surface area (Å²) in [4.78, 5) is 11.5. The van der Waals surface area contributed by atoms with Gasteiger partial charge in [0.1, 0.15) is 5.75 Å². The highest BCUT2D eigenvalue weighted by Crippen LogP contribution is 2.29. The van der Waals surface area contributed by atoms with E-state index in [1.807, 2.05) is 24.3 Å². The third kappa shape index (κ3) is 2.64. The van der Waals surface area contributed by atoms with Crippen LogP contribution in [0.25, 0.3) is 10.8 Å². The predicted octanol–water partition coefficient (Wildman–Crippen LogP) is 3.41. The zero-order valence-electron chi connectivity index (χ0n) is 9.94. The first-order chi connectivity index (χ1) is 8.61. The first-order valence-electron chi connectivity index (χ1n) is 5.67. The van der Waals surface area contributed by atoms with Crippen molar-refractivity contribution in [1.82, 2.24) is 0 Å². The predicted molar refractivity (Wildman–Crippen MR) is 73.6 cm³/mol. The first-order valence-corrected chi connectivity index (χ1v) is 6.47. The molecule has 0 bridgehead atoms. The lowest BCUT2D eigenvalue weighted by Crippen LogP contribution is -2.08. The molecule has 1 N–H and O–H groups in total. The monoisotopic (exact) mass is 308 g/mol. The van der Waals surface area contributed by atoms with Crippen molar-refractivity contribution in [2.75, 3.05) is 6.61 Å². The van der Waals surface area contributed by atoms with Crippen molar-refractivity contribution in [2.45, 2.75) is 13.3 Å². The van der Waals surface area contributed by atoms with Crippen LogP contribution in [-0.2, 0) is 16.0 Å². The minimum absolute atomic E-state index is 0.0820. The van der Waals surface area contributed by atoms with Gasteiger partial charge in [-0.3, -0.25) is 4.79 Å². The number of fused-ring (bicyclic) bond motifs is 1. The summed E-state index contributed by atoms with van der Waals surface area (Å²) in [6.07, 6.45) is 0.0820. The lowest BCUT2D eigenvalue weighted by molar-refractivity contribution is -0.142. The molecule has 0 heterocycles. The summed E-state index contributed by atoms with van der Waals surface area (Å²) >= 11 is 3.40. The fourth-order valence-electron chi connectivity index (χ4n) is 1.90. The number of phenolic OH excluding ortho intramolecular Hbond substituents is 1. The molecule has 3 nitrogen and oxygen atoms in total. The molecule has 0 aromatic heterocycles. The molecule has 0 aliphatic rings. The topological polar surface area (TPSA) is 46.5 Å². The number of esters is 1. The van der Waals surface area contributed by atoms with Gasteiger partial charge in [0, 0.05) is 10.0 Å². The van der Waals surface area contributed by atoms with Crippen LogP contribution in [-0.4, -0.2) is 17.7 Å². The Kier molecular flexibility index (Phi) is 3.87. The van der Waals surface area contributed by atoms with Crippen LogP contribution in [0.4, 0.5) is 0 Å². The average molecular weight is 309 g/mol. The van der Waals surface area contributed by atoms with Crippen molar-refractivity contribution in [3.8, 4) is 5.75 Å². The van der Waals surface area contributed by atoms with E-state index in [2.05, 4.69) is 15.9 Å². The second-order valence-electron chi connectivity index (χ2n) is 3.91. The van der Waals surface area contributed by atoms with Crippen LogP contribution < -0.4 is 0 Å². The van der Waals surface area contributed by atoms with Gasteiger partial charge in [0.2, 0.25) is 0 Å². The Morgan fingerprint density at radius 3 is 2.83 bits per heavy atom. The summed E-state index contributed by atoms with van der Waals surface area (Å²) in [6.45, 7) is 2.11. The molecule has 0 aliphatic carbocycles. The summed E-state index contributed by atoms with van der Waals surface area (Å²) in [5, 5.41) is 11.7. The molecule has 0 saturated carbocycles. The van der Waals surface area contributed by atoms with Crippen LogP contribution in [0.1, 0.15) is 12.5 Å². The van der Waals surface area contributed by atoms with E-state index in [0.717, 1.165) is 15.2 Å². The molecule has 2 aromatic rings. The molecule has 4 heteroatoms. The van der Waals surface area contributed by atoms with Gasteiger partial charge in [0.25, 0.3) is 0 Å². The number of ether oxygens (including phenoxy) is 1. The Morgan fingerprint density at radius 2 is 2.11 bits per heavy atom. The van der Waals surface area contributed by atoms with Gasteiger partial charge < -0.3 is 9.84 Å². The standard InChI is InChI=1S/C14H13BrO3/c1-2-18-14(17)8-12-11-5-4-10(15)7-9(11)3-6-13(12)16/h3-7,16H,2,8H2,1H3. The van der Waals surface area contributed by atoms with Gasteiger partial charge in [-0.2, -0.15) is 0 Å². The molecule has 0 fully saturated rings. The number of halogens is 1. The average Bonchev–Trinajstić information content (AvgIpc) is 2.33. The molecule has 0 unspecified atom stereocenters. The molecular formula is C14H13BrO3. The molecule has 0 spiro atoms. The second-order valence-corrected chi connectivity index (χ2v) is 4.83. The van der Waals surface area contributed by atoms with E-state index >= 15 is 0 Å². The number of aromatic hydroxyl groups is 1. The Morgan fingerprint density at radius 1 is 1.33 bits per heavy atom. The van der Waals surface area contributed by atoms with Gasteiger partial charge in [0.15, 0.2) is 0 Å². The first kappa shape index (κ1) is 12.9. The maximum absolute atomic E-state index is 11.5. The number of benzene rings is 2. The van der Waals surface area contributed by atoms with Crippen LogP contribution in [0.5, 0.6) is 5.75 Å². The normalized spacial score (nSPS) is 10.6. The van der Waals surface area contributed by atoms with Gasteiger partial charge in [0.05, 0.1) is 13.0 Å². The summed E-state index contributed by atoms with van der Waals surface area (Å²) in [7, 11) is 0. The number of phenols is 1. The van der Waals surface area contributed by atoms with Gasteiger partial charge >= 0.3 is 5.97 Å². The Labute approximate surface area is 114 Å². The van der Waals surface area contributed by atoms with Crippen molar-refractivity contribution in [2.24, 2.45) is 0 Å². The van der Waals surface area contributed by atoms with Crippen molar-refractivity contribution in [1.29, 1.82) is 0 Å². The van der Waals surface area contributed by atoms with E-state index in [9.17, 15) is 9.90 Å². The van der Waals surface area contributed by atoms with E-state index < -0.39 is 0 Å². The highest BCUT2D eigenvalue weighted by atomic mass is 79.9. The molecule has 0 radical (unpaired) electrons. The van der Waals surface area contributed by atoms with E-state index in [-0.39, 0.29) is 18.1 Å². The number of hydrogen-bond acceptors (Lipinski definition) is 3. The Balaban J connectivity index is 2.47. The SMILES string of the molecule is CCOC(=O)Cc1c(O)ccc2cc(Br)ccc12. The van der Waals surface area contributed by atoms with Crippen LogP contribution in [0.15, 0.2) is 34.8 Å². The molecule has 94 valence electrons. The van der Waals surface area contributed by atoms with Gasteiger partial charge in [-0.25, -0.2) is 0 Å². The van der Waals surface area contributed by atoms with Crippen LogP contribution in [0.3, 0.4) is 0 Å². The van der Waals surface area contributed by atoms with Crippen molar-refractivity contribution < 1.29 is 14.6 Å². The minimum atomic E-state index is -0.330. The number of hydrogen-bond donors (Lipinski definition) is 1. The van der Waals surface area contributed by atoms with E-state index in [4.69, 9.17) is 4.74 Å². The second kappa shape index (κ2) is 5.40. The fourth-order valence-corrected chi connectivity index (χ4v) is 2.27. The van der Waals surface area contributed by atoms with Crippen LogP contribution in [0.2, 0.25) is 0 Å². The largest absolute Gasteiger partial charge is 0.508 e. The number of carbonyl (C=O) groups is 1. The maximum Gasteiger partial charge on any atom is 0.310 e. The summed E-state index contributed by atoms with van der Waals surface area (Å²) < 4.78 is 5.88. The molecule has 0 aliphatic heterocycles. The summed E-state index contributed by atoms with van der Waals surface area (Å²) in [6, 6.07) is 9.14. The lowest BCUT2D eigenvalue weighted by atomic mass is 10.0. The third-order valence-corrected chi connectivity index (χ3v) is 3.19. The van der Waals surface area contributed by atoms with Crippen molar-refractivity contribution in [3.05, 3.63) is 40.4 Å². The molecule has 18 heavy (non-hydrogen) atoms. The molecule has 2 rings (SSSR count). The summed E-state index contributed by atoms with van der Waals surface area (Å²) in [5.41, 5.74) is 0.610. The molecule has 0 amide bonds. The van der Waals surface area contributed by atoms with E-state index in [1.165, 1.54) is 0 Å². The van der Waals surface area contributed by atoms with Crippen molar-refractivity contribution in [3.63, 3.8) is 0 Å². The fraction of sp³-hybridized carbons (Fsp3) is 0.214. The molecular weight excluding hydrogens is 296 g/mol. The molecule has 0 atom stereocenters. The van der Waals surface area contributed by atoms with E-state index in [1.54, 1.807) is 13.0 Å². The van der Waals surface area contributed by atoms with Crippen LogP contribution in [0, 0.1) is 0 Å². The zero-order valence-corrected chi connectivity index (χ0v) is 11.5. The number of rotatable bonds is 3. The van der Waals surface area contributed by atoms with Crippen LogP contribution >= 0.6 is 15.9 Å². The Bertz CT molecular complexity index is 593. The smallest absolute Gasteiger partial charge is 0.310 e. The quantitative estimate of drug-likeness (QED) is 0.884. The lowest BCUT2D eigenvalue weighted by Gasteiger charge is -2.09. The third-order valence-electron chi connectivity index (χ3n) is 2.70. The van der Waals surface area contributed by atoms with Gasteiger partial charge in [-0.15, -0.1) is 0 Å². The van der Waals surface area contributed by atoms with Crippen molar-refractivity contribution >= 4 is 32.7 Å². The number of carbonyl (C=O) groups excluding carboxylic acids is 1. The van der Waals surface area contributed by atoms with Gasteiger partial charge in [-0.05, 0) is 35.9 Å². The highest BCUT2D eigenvalue weighted by molar-refractivity contribution is 9.10. The highest BCUT2D eigenvalue weighted by Gasteiger charge is 2.12. The summed E-state index contributed by atoms with van der Waals surface area (Å²) in [5.74, 6) is -0.207. The van der Waals surface area contributed by atoms with Gasteiger partial charge in [-0.1, -0.05) is 28.1 Å². The zero-order chi connectivity index (χ0) is 13.1. The molecule has 2 aromatic carbocycles. The molecule has 0 saturated heterocycles. The van der Waals surface area contributed by atoms with E-state index in [0.29, 0.717) is 12.2 Å².